The lowest BCUT2D eigenvalue weighted by molar-refractivity contribution is 0.379. The van der Waals surface area contributed by atoms with E-state index in [-0.39, 0.29) is 0 Å². The molecule has 2 heterocycles. The van der Waals surface area contributed by atoms with Crippen molar-refractivity contribution in [2.24, 2.45) is 0 Å². The van der Waals surface area contributed by atoms with E-state index in [1.54, 1.807) is 6.92 Å². The van der Waals surface area contributed by atoms with Crippen LogP contribution in [0.5, 0.6) is 0 Å². The summed E-state index contributed by atoms with van der Waals surface area (Å²) in [5, 5.41) is 7.36. The molecule has 0 spiro atoms. The van der Waals surface area contributed by atoms with Gasteiger partial charge in [0.2, 0.25) is 5.89 Å². The Balaban J connectivity index is 2.14. The summed E-state index contributed by atoms with van der Waals surface area (Å²) in [5.41, 5.74) is 0.817. The van der Waals surface area contributed by atoms with E-state index in [0.29, 0.717) is 29.2 Å². The molecule has 19 heavy (non-hydrogen) atoms. The standard InChI is InChI=1S/C12H16ClN5O/c1-4-5-9-16-11(13)7(2)12(17-9)14-6-10-15-8(3)18-19-10/h4-6H2,1-3H3,(H,14,16,17). The summed E-state index contributed by atoms with van der Waals surface area (Å²) in [6, 6.07) is 0. The zero-order valence-corrected chi connectivity index (χ0v) is 12.0. The van der Waals surface area contributed by atoms with E-state index < -0.39 is 0 Å². The van der Waals surface area contributed by atoms with Crippen molar-refractivity contribution in [3.8, 4) is 0 Å². The number of rotatable bonds is 5. The van der Waals surface area contributed by atoms with Crippen molar-refractivity contribution in [2.75, 3.05) is 5.32 Å². The minimum absolute atomic E-state index is 0.417. The van der Waals surface area contributed by atoms with Crippen molar-refractivity contribution in [3.63, 3.8) is 0 Å². The highest BCUT2D eigenvalue weighted by Crippen LogP contribution is 2.20. The Bertz CT molecular complexity index is 569. The minimum Gasteiger partial charge on any atom is -0.361 e. The number of aryl methyl sites for hydroxylation is 2. The molecule has 6 nitrogen and oxygen atoms in total. The smallest absolute Gasteiger partial charge is 0.245 e. The number of nitrogens with zero attached hydrogens (tertiary/aromatic N) is 4. The van der Waals surface area contributed by atoms with Crippen molar-refractivity contribution in [3.05, 3.63) is 28.3 Å². The van der Waals surface area contributed by atoms with Crippen molar-refractivity contribution in [1.29, 1.82) is 0 Å². The molecule has 0 aliphatic rings. The van der Waals surface area contributed by atoms with Crippen molar-refractivity contribution >= 4 is 17.4 Å². The van der Waals surface area contributed by atoms with Gasteiger partial charge in [-0.3, -0.25) is 0 Å². The molecule has 102 valence electrons. The van der Waals surface area contributed by atoms with Gasteiger partial charge >= 0.3 is 0 Å². The first kappa shape index (κ1) is 13.7. The Kier molecular flexibility index (Phi) is 4.31. The van der Waals surface area contributed by atoms with Crippen LogP contribution in [0.3, 0.4) is 0 Å². The van der Waals surface area contributed by atoms with E-state index in [2.05, 4.69) is 32.3 Å². The van der Waals surface area contributed by atoms with Crippen LogP contribution in [0.25, 0.3) is 0 Å². The Hall–Kier alpha value is -1.69. The molecular weight excluding hydrogens is 266 g/mol. The Morgan fingerprint density at radius 2 is 2.00 bits per heavy atom. The van der Waals surface area contributed by atoms with Crippen LogP contribution in [0.1, 0.15) is 36.4 Å². The van der Waals surface area contributed by atoms with Gasteiger partial charge in [-0.25, -0.2) is 9.97 Å². The third-order valence-electron chi connectivity index (χ3n) is 2.58. The maximum Gasteiger partial charge on any atom is 0.245 e. The summed E-state index contributed by atoms with van der Waals surface area (Å²) in [4.78, 5) is 12.8. The summed E-state index contributed by atoms with van der Waals surface area (Å²) in [6.45, 7) is 6.14. The molecule has 0 saturated carbocycles. The number of hydrogen-bond donors (Lipinski definition) is 1. The second-order valence-corrected chi connectivity index (χ2v) is 4.60. The molecule has 0 amide bonds. The van der Waals surface area contributed by atoms with Crippen molar-refractivity contribution < 1.29 is 4.52 Å². The second-order valence-electron chi connectivity index (χ2n) is 4.24. The van der Waals surface area contributed by atoms with E-state index in [1.807, 2.05) is 6.92 Å². The van der Waals surface area contributed by atoms with Gasteiger partial charge in [-0.05, 0) is 20.3 Å². The molecule has 2 rings (SSSR count). The van der Waals surface area contributed by atoms with Gasteiger partial charge in [-0.2, -0.15) is 4.98 Å². The van der Waals surface area contributed by atoms with E-state index >= 15 is 0 Å². The lowest BCUT2D eigenvalue weighted by Gasteiger charge is -2.09. The summed E-state index contributed by atoms with van der Waals surface area (Å²) < 4.78 is 5.03. The average molecular weight is 282 g/mol. The van der Waals surface area contributed by atoms with Gasteiger partial charge in [-0.15, -0.1) is 0 Å². The molecule has 2 aromatic rings. The van der Waals surface area contributed by atoms with Crippen LogP contribution in [-0.2, 0) is 13.0 Å². The topological polar surface area (TPSA) is 76.7 Å². The molecule has 7 heteroatoms. The number of nitrogens with one attached hydrogen (secondary N) is 1. The fraction of sp³-hybridized carbons (Fsp3) is 0.500. The molecule has 0 radical (unpaired) electrons. The van der Waals surface area contributed by atoms with E-state index in [9.17, 15) is 0 Å². The van der Waals surface area contributed by atoms with Crippen LogP contribution >= 0.6 is 11.6 Å². The zero-order valence-electron chi connectivity index (χ0n) is 11.2. The first-order valence-corrected chi connectivity index (χ1v) is 6.54. The molecule has 0 fully saturated rings. The van der Waals surface area contributed by atoms with Gasteiger partial charge in [-0.1, -0.05) is 23.7 Å². The molecule has 0 aromatic carbocycles. The van der Waals surface area contributed by atoms with Gasteiger partial charge in [0.05, 0.1) is 6.54 Å². The van der Waals surface area contributed by atoms with Crippen LogP contribution in [-0.4, -0.2) is 20.1 Å². The predicted octanol–water partition coefficient (Wildman–Crippen LogP) is 2.69. The van der Waals surface area contributed by atoms with Crippen molar-refractivity contribution in [2.45, 2.75) is 40.2 Å². The molecule has 0 unspecified atom stereocenters. The summed E-state index contributed by atoms with van der Waals surface area (Å²) in [6.07, 6.45) is 1.77. The van der Waals surface area contributed by atoms with Crippen LogP contribution < -0.4 is 5.32 Å². The van der Waals surface area contributed by atoms with E-state index in [1.165, 1.54) is 0 Å². The summed E-state index contributed by atoms with van der Waals surface area (Å²) >= 11 is 6.10. The monoisotopic (exact) mass is 281 g/mol. The highest BCUT2D eigenvalue weighted by molar-refractivity contribution is 6.30. The SMILES string of the molecule is CCCc1nc(Cl)c(C)c(NCc2nc(C)no2)n1. The fourth-order valence-corrected chi connectivity index (χ4v) is 1.80. The van der Waals surface area contributed by atoms with Gasteiger partial charge < -0.3 is 9.84 Å². The van der Waals surface area contributed by atoms with Gasteiger partial charge in [0.15, 0.2) is 5.82 Å². The van der Waals surface area contributed by atoms with Crippen LogP contribution in [0, 0.1) is 13.8 Å². The third-order valence-corrected chi connectivity index (χ3v) is 2.95. The molecular formula is C12H16ClN5O. The van der Waals surface area contributed by atoms with Crippen LogP contribution in [0.2, 0.25) is 5.15 Å². The number of hydrogen-bond acceptors (Lipinski definition) is 6. The molecule has 0 atom stereocenters. The number of anilines is 1. The van der Waals surface area contributed by atoms with E-state index in [0.717, 1.165) is 24.2 Å². The molecule has 0 aliphatic heterocycles. The lowest BCUT2D eigenvalue weighted by atomic mass is 10.3. The summed E-state index contributed by atoms with van der Waals surface area (Å²) in [7, 11) is 0. The van der Waals surface area contributed by atoms with Gasteiger partial charge in [0.1, 0.15) is 16.8 Å². The predicted molar refractivity (Wildman–Crippen MR) is 72.1 cm³/mol. The first-order valence-electron chi connectivity index (χ1n) is 6.16. The Morgan fingerprint density at radius 3 is 2.63 bits per heavy atom. The molecule has 0 aliphatic carbocycles. The molecule has 0 bridgehead atoms. The molecule has 0 saturated heterocycles. The number of aromatic nitrogens is 4. The number of halogens is 1. The quantitative estimate of drug-likeness (QED) is 0.849. The lowest BCUT2D eigenvalue weighted by Crippen LogP contribution is -2.07. The van der Waals surface area contributed by atoms with E-state index in [4.69, 9.17) is 16.1 Å². The molecule has 1 N–H and O–H groups in total. The maximum atomic E-state index is 6.10. The van der Waals surface area contributed by atoms with Crippen LogP contribution in [0.4, 0.5) is 5.82 Å². The maximum absolute atomic E-state index is 6.10. The first-order chi connectivity index (χ1) is 9.10. The average Bonchev–Trinajstić information content (AvgIpc) is 2.78. The Morgan fingerprint density at radius 1 is 1.21 bits per heavy atom. The largest absolute Gasteiger partial charge is 0.361 e. The van der Waals surface area contributed by atoms with Gasteiger partial charge in [0, 0.05) is 12.0 Å². The van der Waals surface area contributed by atoms with Gasteiger partial charge in [0.25, 0.3) is 0 Å². The zero-order chi connectivity index (χ0) is 13.8. The van der Waals surface area contributed by atoms with Crippen molar-refractivity contribution in [1.82, 2.24) is 20.1 Å². The fourth-order valence-electron chi connectivity index (χ4n) is 1.61. The molecule has 2 aromatic heterocycles. The summed E-state index contributed by atoms with van der Waals surface area (Å²) in [5.74, 6) is 2.58. The normalized spacial score (nSPS) is 10.7. The highest BCUT2D eigenvalue weighted by atomic mass is 35.5. The third kappa shape index (κ3) is 3.41. The second kappa shape index (κ2) is 5.97. The van der Waals surface area contributed by atoms with Crippen LogP contribution in [0.15, 0.2) is 4.52 Å². The highest BCUT2D eigenvalue weighted by Gasteiger charge is 2.10. The Labute approximate surface area is 116 Å². The minimum atomic E-state index is 0.417.